The summed E-state index contributed by atoms with van der Waals surface area (Å²) in [4.78, 5) is 27.7. The van der Waals surface area contributed by atoms with Crippen LogP contribution in [-0.4, -0.2) is 101 Å². The topological polar surface area (TPSA) is 83.0 Å². The number of fused-ring (bicyclic) bond motifs is 1. The fraction of sp³-hybridized carbons (Fsp3) is 0.667. The van der Waals surface area contributed by atoms with E-state index in [1.54, 1.807) is 0 Å². The third kappa shape index (κ3) is 3.61. The molecule has 0 amide bonds. The summed E-state index contributed by atoms with van der Waals surface area (Å²) in [5.74, 6) is 3.00. The second kappa shape index (κ2) is 7.88. The molecular formula is C18H28N8O2. The van der Waals surface area contributed by atoms with E-state index < -0.39 is 0 Å². The lowest BCUT2D eigenvalue weighted by Crippen LogP contribution is -2.38. The van der Waals surface area contributed by atoms with Crippen LogP contribution in [0.3, 0.4) is 0 Å². The van der Waals surface area contributed by atoms with E-state index in [1.807, 2.05) is 38.0 Å². The van der Waals surface area contributed by atoms with Gasteiger partial charge in [0.05, 0.1) is 26.4 Å². The van der Waals surface area contributed by atoms with Crippen molar-refractivity contribution < 1.29 is 9.47 Å². The average molecular weight is 388 g/mol. The molecule has 10 heteroatoms. The predicted molar refractivity (Wildman–Crippen MR) is 110 cm³/mol. The van der Waals surface area contributed by atoms with Gasteiger partial charge in [-0.25, -0.2) is 9.97 Å². The highest BCUT2D eigenvalue weighted by Crippen LogP contribution is 2.32. The van der Waals surface area contributed by atoms with Crippen LogP contribution in [0.15, 0.2) is 0 Å². The Bertz CT molecular complexity index is 763. The van der Waals surface area contributed by atoms with Crippen LogP contribution in [0.2, 0.25) is 0 Å². The van der Waals surface area contributed by atoms with Crippen molar-refractivity contribution in [3.8, 4) is 0 Å². The molecule has 0 radical (unpaired) electrons. The maximum atomic E-state index is 5.53. The Morgan fingerprint density at radius 3 is 1.29 bits per heavy atom. The molecule has 2 aromatic heterocycles. The highest BCUT2D eigenvalue weighted by Gasteiger charge is 2.25. The smallest absolute Gasteiger partial charge is 0.227 e. The fourth-order valence-corrected chi connectivity index (χ4v) is 3.35. The summed E-state index contributed by atoms with van der Waals surface area (Å²) in [6.07, 6.45) is 0. The zero-order valence-electron chi connectivity index (χ0n) is 17.1. The van der Waals surface area contributed by atoms with Gasteiger partial charge in [0.15, 0.2) is 11.6 Å². The first-order valence-electron chi connectivity index (χ1n) is 9.64. The van der Waals surface area contributed by atoms with Crippen molar-refractivity contribution in [1.29, 1.82) is 0 Å². The quantitative estimate of drug-likeness (QED) is 0.725. The van der Waals surface area contributed by atoms with Gasteiger partial charge in [0.25, 0.3) is 0 Å². The average Bonchev–Trinajstić information content (AvgIpc) is 2.73. The summed E-state index contributed by atoms with van der Waals surface area (Å²) in [6, 6.07) is 0. The summed E-state index contributed by atoms with van der Waals surface area (Å²) in [7, 11) is 7.81. The van der Waals surface area contributed by atoms with Crippen LogP contribution in [0.1, 0.15) is 0 Å². The molecule has 0 bridgehead atoms. The first-order valence-corrected chi connectivity index (χ1v) is 9.64. The Balaban J connectivity index is 1.94. The Morgan fingerprint density at radius 2 is 0.964 bits per heavy atom. The van der Waals surface area contributed by atoms with Crippen LogP contribution >= 0.6 is 0 Å². The minimum absolute atomic E-state index is 0.657. The second-order valence-electron chi connectivity index (χ2n) is 7.38. The van der Waals surface area contributed by atoms with Crippen molar-refractivity contribution in [2.75, 3.05) is 100 Å². The van der Waals surface area contributed by atoms with Gasteiger partial charge >= 0.3 is 0 Å². The third-order valence-electron chi connectivity index (χ3n) is 4.90. The van der Waals surface area contributed by atoms with Crippen LogP contribution in [0.4, 0.5) is 23.5 Å². The molecular weight excluding hydrogens is 360 g/mol. The lowest BCUT2D eigenvalue weighted by Gasteiger charge is -2.31. The van der Waals surface area contributed by atoms with Gasteiger partial charge in [-0.15, -0.1) is 0 Å². The minimum Gasteiger partial charge on any atom is -0.378 e. The number of morpholine rings is 2. The van der Waals surface area contributed by atoms with Gasteiger partial charge in [-0.3, -0.25) is 0 Å². The molecule has 4 rings (SSSR count). The van der Waals surface area contributed by atoms with Crippen molar-refractivity contribution in [3.63, 3.8) is 0 Å². The monoisotopic (exact) mass is 388 g/mol. The fourth-order valence-electron chi connectivity index (χ4n) is 3.35. The molecule has 2 aliphatic rings. The van der Waals surface area contributed by atoms with E-state index in [0.717, 1.165) is 48.8 Å². The molecule has 28 heavy (non-hydrogen) atoms. The van der Waals surface area contributed by atoms with Crippen LogP contribution in [-0.2, 0) is 9.47 Å². The third-order valence-corrected chi connectivity index (χ3v) is 4.90. The second-order valence-corrected chi connectivity index (χ2v) is 7.38. The molecule has 152 valence electrons. The zero-order chi connectivity index (χ0) is 19.7. The lowest BCUT2D eigenvalue weighted by molar-refractivity contribution is 0.122. The van der Waals surface area contributed by atoms with E-state index in [4.69, 9.17) is 29.4 Å². The van der Waals surface area contributed by atoms with Gasteiger partial charge < -0.3 is 29.1 Å². The highest BCUT2D eigenvalue weighted by molar-refractivity contribution is 5.95. The van der Waals surface area contributed by atoms with Crippen molar-refractivity contribution in [2.45, 2.75) is 0 Å². The number of anilines is 4. The van der Waals surface area contributed by atoms with E-state index in [0.29, 0.717) is 38.3 Å². The maximum Gasteiger partial charge on any atom is 0.227 e. The van der Waals surface area contributed by atoms with Crippen molar-refractivity contribution in [1.82, 2.24) is 19.9 Å². The van der Waals surface area contributed by atoms with Crippen molar-refractivity contribution >= 4 is 34.6 Å². The molecule has 2 fully saturated rings. The Labute approximate surface area is 165 Å². The SMILES string of the molecule is CN(C)c1nc(N2CCOCC2)c2nc(N(C)C)nc(N3CCOCC3)c2n1. The van der Waals surface area contributed by atoms with Crippen molar-refractivity contribution in [2.24, 2.45) is 0 Å². The predicted octanol–water partition coefficient (Wildman–Crippen LogP) is 0.225. The van der Waals surface area contributed by atoms with Gasteiger partial charge in [-0.05, 0) is 0 Å². The largest absolute Gasteiger partial charge is 0.378 e. The van der Waals surface area contributed by atoms with E-state index in [-0.39, 0.29) is 0 Å². The first kappa shape index (κ1) is 18.9. The molecule has 2 aliphatic heterocycles. The Kier molecular flexibility index (Phi) is 5.31. The van der Waals surface area contributed by atoms with Gasteiger partial charge in [0.2, 0.25) is 11.9 Å². The van der Waals surface area contributed by atoms with Crippen LogP contribution < -0.4 is 19.6 Å². The van der Waals surface area contributed by atoms with Crippen molar-refractivity contribution in [3.05, 3.63) is 0 Å². The molecule has 0 aromatic carbocycles. The Morgan fingerprint density at radius 1 is 0.607 bits per heavy atom. The zero-order valence-corrected chi connectivity index (χ0v) is 17.1. The molecule has 2 aromatic rings. The molecule has 2 saturated heterocycles. The van der Waals surface area contributed by atoms with E-state index >= 15 is 0 Å². The number of ether oxygens (including phenoxy) is 2. The number of hydrogen-bond acceptors (Lipinski definition) is 10. The number of nitrogens with zero attached hydrogens (tertiary/aromatic N) is 8. The highest BCUT2D eigenvalue weighted by atomic mass is 16.5. The van der Waals surface area contributed by atoms with Crippen LogP contribution in [0.25, 0.3) is 11.0 Å². The lowest BCUT2D eigenvalue weighted by atomic mass is 10.3. The van der Waals surface area contributed by atoms with E-state index in [1.165, 1.54) is 0 Å². The van der Waals surface area contributed by atoms with Gasteiger partial charge in [-0.1, -0.05) is 0 Å². The van der Waals surface area contributed by atoms with E-state index in [9.17, 15) is 0 Å². The molecule has 0 spiro atoms. The van der Waals surface area contributed by atoms with Crippen LogP contribution in [0.5, 0.6) is 0 Å². The summed E-state index contributed by atoms with van der Waals surface area (Å²) >= 11 is 0. The molecule has 4 heterocycles. The number of aromatic nitrogens is 4. The summed E-state index contributed by atoms with van der Waals surface area (Å²) in [6.45, 7) is 5.88. The number of rotatable bonds is 4. The van der Waals surface area contributed by atoms with Gasteiger partial charge in [0, 0.05) is 54.4 Å². The molecule has 0 atom stereocenters. The number of hydrogen-bond donors (Lipinski definition) is 0. The molecule has 10 nitrogen and oxygen atoms in total. The Hall–Kier alpha value is -2.46. The summed E-state index contributed by atoms with van der Waals surface area (Å²) in [5, 5.41) is 0. The standard InChI is InChI=1S/C18H28N8O2/c1-23(2)17-19-13-14(15(21-17)25-5-9-27-10-6-25)20-18(24(3)4)22-16(13)26-7-11-28-12-8-26/h5-12H2,1-4H3. The molecule has 0 unspecified atom stereocenters. The minimum atomic E-state index is 0.657. The maximum absolute atomic E-state index is 5.53. The van der Waals surface area contributed by atoms with Gasteiger partial charge in [0.1, 0.15) is 11.0 Å². The normalized spacial score (nSPS) is 17.9. The summed E-state index contributed by atoms with van der Waals surface area (Å²) < 4.78 is 11.1. The molecule has 0 N–H and O–H groups in total. The summed E-state index contributed by atoms with van der Waals surface area (Å²) in [5.41, 5.74) is 1.57. The van der Waals surface area contributed by atoms with E-state index in [2.05, 4.69) is 9.80 Å². The molecule has 0 saturated carbocycles. The molecule has 0 aliphatic carbocycles. The van der Waals surface area contributed by atoms with Gasteiger partial charge in [-0.2, -0.15) is 9.97 Å². The first-order chi connectivity index (χ1) is 13.5. The van der Waals surface area contributed by atoms with Crippen LogP contribution in [0, 0.1) is 0 Å².